The van der Waals surface area contributed by atoms with Crippen LogP contribution in [0.2, 0.25) is 0 Å². The van der Waals surface area contributed by atoms with Crippen molar-refractivity contribution < 1.29 is 27.1 Å². The maximum Gasteiger partial charge on any atom is 0.264 e. The van der Waals surface area contributed by atoms with E-state index in [1.807, 2.05) is 51.1 Å². The number of hydrogen-bond acceptors (Lipinski definition) is 5. The number of nitrogens with zero attached hydrogens (tertiary/aromatic N) is 2. The summed E-state index contributed by atoms with van der Waals surface area (Å²) >= 11 is 0. The molecule has 0 spiro atoms. The standard InChI is InChI=1S/C36H40FN3O5S/c1-5-27(3)38-36(42)33(23-28-11-7-6-8-12-28)39(24-29-17-19-30(37)20-18-29)35(41)25-40(32-13-9-10-14-34(32)45-4)46(43,44)31-21-15-26(2)16-22-31/h6-22,27,33H,5,23-25H2,1-4H3,(H,38,42)/t27-,33+/m0/s1. The first-order valence-electron chi connectivity index (χ1n) is 15.1. The monoisotopic (exact) mass is 645 g/mol. The van der Waals surface area contributed by atoms with Crippen molar-refractivity contribution in [3.8, 4) is 5.75 Å². The quantitative estimate of drug-likeness (QED) is 0.185. The zero-order chi connectivity index (χ0) is 33.3. The maximum absolute atomic E-state index is 14.5. The van der Waals surface area contributed by atoms with Gasteiger partial charge in [0.2, 0.25) is 11.8 Å². The van der Waals surface area contributed by atoms with Crippen LogP contribution in [0.3, 0.4) is 0 Å². The summed E-state index contributed by atoms with van der Waals surface area (Å²) in [7, 11) is -2.86. The fourth-order valence-electron chi connectivity index (χ4n) is 4.97. The van der Waals surface area contributed by atoms with E-state index in [-0.39, 0.29) is 41.2 Å². The fraction of sp³-hybridized carbons (Fsp3) is 0.278. The van der Waals surface area contributed by atoms with E-state index in [0.29, 0.717) is 12.0 Å². The molecule has 2 amide bonds. The van der Waals surface area contributed by atoms with E-state index >= 15 is 0 Å². The van der Waals surface area contributed by atoms with Gasteiger partial charge in [-0.05, 0) is 67.8 Å². The van der Waals surface area contributed by atoms with Gasteiger partial charge in [0.25, 0.3) is 10.0 Å². The van der Waals surface area contributed by atoms with Gasteiger partial charge in [0, 0.05) is 19.0 Å². The van der Waals surface area contributed by atoms with E-state index in [0.717, 1.165) is 15.4 Å². The van der Waals surface area contributed by atoms with Gasteiger partial charge in [-0.1, -0.05) is 79.2 Å². The molecule has 0 saturated heterocycles. The molecule has 242 valence electrons. The van der Waals surface area contributed by atoms with E-state index in [9.17, 15) is 22.4 Å². The van der Waals surface area contributed by atoms with Crippen LogP contribution in [-0.2, 0) is 32.6 Å². The number of amides is 2. The summed E-state index contributed by atoms with van der Waals surface area (Å²) in [6.07, 6.45) is 0.849. The van der Waals surface area contributed by atoms with Crippen LogP contribution < -0.4 is 14.4 Å². The SMILES string of the molecule is CC[C@H](C)NC(=O)[C@@H](Cc1ccccc1)N(Cc1ccc(F)cc1)C(=O)CN(c1ccccc1OC)S(=O)(=O)c1ccc(C)cc1. The van der Waals surface area contributed by atoms with E-state index in [1.165, 1.54) is 36.3 Å². The van der Waals surface area contributed by atoms with Crippen molar-refractivity contribution in [3.63, 3.8) is 0 Å². The summed E-state index contributed by atoms with van der Waals surface area (Å²) in [5.74, 6) is -1.18. The lowest BCUT2D eigenvalue weighted by Gasteiger charge is -2.34. The maximum atomic E-state index is 14.5. The molecule has 4 aromatic rings. The summed E-state index contributed by atoms with van der Waals surface area (Å²) in [5.41, 5.74) is 2.44. The number of anilines is 1. The molecule has 0 aliphatic heterocycles. The van der Waals surface area contributed by atoms with Gasteiger partial charge in [-0.15, -0.1) is 0 Å². The van der Waals surface area contributed by atoms with Crippen LogP contribution >= 0.6 is 0 Å². The third kappa shape index (κ3) is 8.51. The summed E-state index contributed by atoms with van der Waals surface area (Å²) in [4.78, 5) is 29.8. The molecule has 2 atom stereocenters. The molecule has 4 aromatic carbocycles. The van der Waals surface area contributed by atoms with Crippen LogP contribution in [0, 0.1) is 12.7 Å². The molecule has 8 nitrogen and oxygen atoms in total. The number of para-hydroxylation sites is 2. The van der Waals surface area contributed by atoms with Crippen molar-refractivity contribution in [3.05, 3.63) is 126 Å². The molecule has 0 heterocycles. The van der Waals surface area contributed by atoms with Crippen LogP contribution in [0.1, 0.15) is 37.0 Å². The van der Waals surface area contributed by atoms with Crippen molar-refractivity contribution in [1.82, 2.24) is 10.2 Å². The summed E-state index contributed by atoms with van der Waals surface area (Å²) < 4.78 is 48.8. The Kier molecular flexibility index (Phi) is 11.5. The van der Waals surface area contributed by atoms with Gasteiger partial charge in [-0.2, -0.15) is 0 Å². The Hall–Kier alpha value is -4.70. The zero-order valence-corrected chi connectivity index (χ0v) is 27.3. The Morgan fingerprint density at radius 3 is 2.13 bits per heavy atom. The molecule has 46 heavy (non-hydrogen) atoms. The fourth-order valence-corrected chi connectivity index (χ4v) is 6.39. The zero-order valence-electron chi connectivity index (χ0n) is 26.5. The van der Waals surface area contributed by atoms with Crippen molar-refractivity contribution in [1.29, 1.82) is 0 Å². The Balaban J connectivity index is 1.83. The summed E-state index contributed by atoms with van der Waals surface area (Å²) in [6, 6.07) is 26.7. The molecule has 0 aliphatic carbocycles. The average Bonchev–Trinajstić information content (AvgIpc) is 3.06. The molecular weight excluding hydrogens is 605 g/mol. The van der Waals surface area contributed by atoms with Crippen LogP contribution in [0.5, 0.6) is 5.75 Å². The van der Waals surface area contributed by atoms with Crippen molar-refractivity contribution in [2.75, 3.05) is 18.0 Å². The second-order valence-electron chi connectivity index (χ2n) is 11.2. The highest BCUT2D eigenvalue weighted by Crippen LogP contribution is 2.33. The number of sulfonamides is 1. The van der Waals surface area contributed by atoms with E-state index in [1.54, 1.807) is 48.5 Å². The third-order valence-corrected chi connectivity index (χ3v) is 9.55. The first-order valence-corrected chi connectivity index (χ1v) is 16.6. The molecule has 10 heteroatoms. The summed E-state index contributed by atoms with van der Waals surface area (Å²) in [6.45, 7) is 4.98. The topological polar surface area (TPSA) is 96.0 Å². The van der Waals surface area contributed by atoms with Gasteiger partial charge < -0.3 is 15.0 Å². The number of hydrogen-bond donors (Lipinski definition) is 1. The minimum absolute atomic E-state index is 0.00256. The lowest BCUT2D eigenvalue weighted by Crippen LogP contribution is -2.54. The summed E-state index contributed by atoms with van der Waals surface area (Å²) in [5, 5.41) is 3.00. The number of carbonyl (C=O) groups excluding carboxylic acids is 2. The molecular formula is C36H40FN3O5S. The molecule has 4 rings (SSSR count). The van der Waals surface area contributed by atoms with Gasteiger partial charge in [0.05, 0.1) is 17.7 Å². The number of halogens is 1. The van der Waals surface area contributed by atoms with Crippen LogP contribution in [0.4, 0.5) is 10.1 Å². The predicted octanol–water partition coefficient (Wildman–Crippen LogP) is 5.89. The molecule has 0 saturated carbocycles. The molecule has 0 radical (unpaired) electrons. The molecule has 0 aliphatic rings. The van der Waals surface area contributed by atoms with Crippen molar-refractivity contribution in [2.45, 2.75) is 57.1 Å². The lowest BCUT2D eigenvalue weighted by molar-refractivity contribution is -0.140. The van der Waals surface area contributed by atoms with Crippen molar-refractivity contribution >= 4 is 27.5 Å². The Bertz CT molecular complexity index is 1720. The smallest absolute Gasteiger partial charge is 0.264 e. The molecule has 0 unspecified atom stereocenters. The van der Waals surface area contributed by atoms with Gasteiger partial charge >= 0.3 is 0 Å². The Morgan fingerprint density at radius 1 is 0.870 bits per heavy atom. The van der Waals surface area contributed by atoms with Crippen LogP contribution in [0.15, 0.2) is 108 Å². The molecule has 1 N–H and O–H groups in total. The number of rotatable bonds is 14. The van der Waals surface area contributed by atoms with Gasteiger partial charge in [0.15, 0.2) is 0 Å². The first kappa shape index (κ1) is 34.2. The molecule has 0 fully saturated rings. The minimum atomic E-state index is -4.28. The highest BCUT2D eigenvalue weighted by molar-refractivity contribution is 7.92. The van der Waals surface area contributed by atoms with Crippen molar-refractivity contribution in [2.24, 2.45) is 0 Å². The second kappa shape index (κ2) is 15.5. The van der Waals surface area contributed by atoms with Crippen LogP contribution in [0.25, 0.3) is 0 Å². The van der Waals surface area contributed by atoms with E-state index in [2.05, 4.69) is 5.32 Å². The molecule has 0 aromatic heterocycles. The van der Waals surface area contributed by atoms with Crippen LogP contribution in [-0.4, -0.2) is 50.9 Å². The normalized spacial score (nSPS) is 12.5. The predicted molar refractivity (Wildman–Crippen MR) is 177 cm³/mol. The highest BCUT2D eigenvalue weighted by Gasteiger charge is 2.35. The minimum Gasteiger partial charge on any atom is -0.495 e. The van der Waals surface area contributed by atoms with Gasteiger partial charge in [-0.3, -0.25) is 13.9 Å². The number of ether oxygens (including phenoxy) is 1. The van der Waals surface area contributed by atoms with E-state index in [4.69, 9.17) is 4.74 Å². The van der Waals surface area contributed by atoms with Gasteiger partial charge in [-0.25, -0.2) is 12.8 Å². The average molecular weight is 646 g/mol. The van der Waals surface area contributed by atoms with Gasteiger partial charge in [0.1, 0.15) is 24.2 Å². The highest BCUT2D eigenvalue weighted by atomic mass is 32.2. The largest absolute Gasteiger partial charge is 0.495 e. The number of methoxy groups -OCH3 is 1. The first-order chi connectivity index (χ1) is 22.0. The number of aryl methyl sites for hydroxylation is 1. The Morgan fingerprint density at radius 2 is 1.50 bits per heavy atom. The molecule has 0 bridgehead atoms. The number of nitrogens with one attached hydrogen (secondary N) is 1. The number of benzene rings is 4. The number of carbonyl (C=O) groups is 2. The second-order valence-corrected chi connectivity index (χ2v) is 13.0. The lowest BCUT2D eigenvalue weighted by atomic mass is 10.0. The third-order valence-electron chi connectivity index (χ3n) is 7.78. The van der Waals surface area contributed by atoms with E-state index < -0.39 is 34.3 Å². The Labute approximate surface area is 270 Å².